The molecule has 34 heavy (non-hydrogen) atoms. The molecule has 4 aromatic rings. The molecule has 5 nitrogen and oxygen atoms in total. The van der Waals surface area contributed by atoms with Crippen molar-refractivity contribution in [2.24, 2.45) is 0 Å². The molecule has 0 aliphatic carbocycles. The second kappa shape index (κ2) is 10.5. The molecule has 0 aromatic heterocycles. The molecule has 0 fully saturated rings. The summed E-state index contributed by atoms with van der Waals surface area (Å²) in [5.74, 6) is 1.06. The number of ketones is 1. The third-order valence-electron chi connectivity index (χ3n) is 5.48. The normalized spacial score (nSPS) is 10.4. The van der Waals surface area contributed by atoms with Crippen LogP contribution in [0.15, 0.2) is 97.1 Å². The summed E-state index contributed by atoms with van der Waals surface area (Å²) in [6.45, 7) is 1.53. The molecule has 0 heterocycles. The molecule has 0 saturated carbocycles. The predicted molar refractivity (Wildman–Crippen MR) is 136 cm³/mol. The zero-order valence-corrected chi connectivity index (χ0v) is 19.2. The lowest BCUT2D eigenvalue weighted by molar-refractivity contribution is 0.101. The first-order valence-corrected chi connectivity index (χ1v) is 11.1. The molecular weight excluding hydrogens is 424 g/mol. The minimum atomic E-state index is -0.187. The summed E-state index contributed by atoms with van der Waals surface area (Å²) in [4.78, 5) is 24.0. The Morgan fingerprint density at radius 1 is 0.647 bits per heavy atom. The molecule has 0 saturated heterocycles. The quantitative estimate of drug-likeness (QED) is 0.298. The predicted octanol–water partition coefficient (Wildman–Crippen LogP) is 6.57. The van der Waals surface area contributed by atoms with Gasteiger partial charge in [0.2, 0.25) is 0 Å². The number of Topliss-reactive ketones (excluding diaryl/α,β-unsaturated/α-hetero) is 1. The number of nitrogens with one attached hydrogen (secondary N) is 2. The van der Waals surface area contributed by atoms with Crippen molar-refractivity contribution in [2.45, 2.75) is 13.3 Å². The van der Waals surface area contributed by atoms with Crippen LogP contribution in [0.3, 0.4) is 0 Å². The van der Waals surface area contributed by atoms with Crippen LogP contribution in [-0.4, -0.2) is 18.7 Å². The monoisotopic (exact) mass is 450 g/mol. The molecule has 0 atom stereocenters. The summed E-state index contributed by atoms with van der Waals surface area (Å²) in [7, 11) is 1.90. The Morgan fingerprint density at radius 2 is 1.12 bits per heavy atom. The maximum Gasteiger partial charge on any atom is 0.255 e. The van der Waals surface area contributed by atoms with E-state index in [0.717, 1.165) is 17.8 Å². The number of hydrogen-bond donors (Lipinski definition) is 2. The molecule has 0 unspecified atom stereocenters. The van der Waals surface area contributed by atoms with Crippen LogP contribution < -0.4 is 15.4 Å². The molecule has 1 amide bonds. The molecule has 0 bridgehead atoms. The Morgan fingerprint density at radius 3 is 1.59 bits per heavy atom. The number of hydrogen-bond acceptors (Lipinski definition) is 4. The molecule has 5 heteroatoms. The van der Waals surface area contributed by atoms with Crippen molar-refractivity contribution in [3.8, 4) is 11.5 Å². The Hall–Kier alpha value is -4.38. The van der Waals surface area contributed by atoms with Crippen LogP contribution in [0.2, 0.25) is 0 Å². The van der Waals surface area contributed by atoms with Crippen molar-refractivity contribution in [1.82, 2.24) is 0 Å². The molecule has 170 valence electrons. The zero-order valence-electron chi connectivity index (χ0n) is 19.2. The maximum absolute atomic E-state index is 12.6. The maximum atomic E-state index is 12.6. The first-order chi connectivity index (χ1) is 16.5. The van der Waals surface area contributed by atoms with Gasteiger partial charge in [0.1, 0.15) is 11.5 Å². The van der Waals surface area contributed by atoms with E-state index in [2.05, 4.69) is 34.9 Å². The van der Waals surface area contributed by atoms with E-state index in [1.54, 1.807) is 48.5 Å². The smallest absolute Gasteiger partial charge is 0.255 e. The molecule has 0 spiro atoms. The number of ether oxygens (including phenoxy) is 1. The van der Waals surface area contributed by atoms with Crippen LogP contribution in [0.25, 0.3) is 0 Å². The highest BCUT2D eigenvalue weighted by Crippen LogP contribution is 2.23. The van der Waals surface area contributed by atoms with E-state index in [1.165, 1.54) is 18.1 Å². The summed E-state index contributed by atoms with van der Waals surface area (Å²) in [6.07, 6.45) is 0.831. The van der Waals surface area contributed by atoms with Crippen LogP contribution in [-0.2, 0) is 6.42 Å². The van der Waals surface area contributed by atoms with Crippen molar-refractivity contribution in [1.29, 1.82) is 0 Å². The number of carbonyl (C=O) groups excluding carboxylic acids is 2. The van der Waals surface area contributed by atoms with Gasteiger partial charge in [-0.2, -0.15) is 0 Å². The van der Waals surface area contributed by atoms with Gasteiger partial charge in [-0.3, -0.25) is 9.59 Å². The Labute approximate surface area is 199 Å². The molecule has 2 N–H and O–H groups in total. The average Bonchev–Trinajstić information content (AvgIpc) is 2.86. The second-order valence-corrected chi connectivity index (χ2v) is 7.98. The van der Waals surface area contributed by atoms with Crippen LogP contribution in [0.4, 0.5) is 11.4 Å². The summed E-state index contributed by atoms with van der Waals surface area (Å²) < 4.78 is 5.79. The Kier molecular flexibility index (Phi) is 7.04. The van der Waals surface area contributed by atoms with E-state index < -0.39 is 0 Å². The number of benzene rings is 4. The highest BCUT2D eigenvalue weighted by atomic mass is 16.5. The lowest BCUT2D eigenvalue weighted by atomic mass is 10.0. The van der Waals surface area contributed by atoms with Crippen molar-refractivity contribution in [2.75, 3.05) is 17.7 Å². The van der Waals surface area contributed by atoms with Crippen LogP contribution >= 0.6 is 0 Å². The van der Waals surface area contributed by atoms with Gasteiger partial charge < -0.3 is 15.4 Å². The standard InChI is InChI=1S/C29H26N2O3/c1-20(32)23-7-15-27(16-8-23)34-28-17-9-24(10-18-28)29(33)31-26-13-5-22(6-14-26)19-21-3-11-25(30-2)12-4-21/h3-18,30H,19H2,1-2H3,(H,31,33). The largest absolute Gasteiger partial charge is 0.457 e. The van der Waals surface area contributed by atoms with Gasteiger partial charge in [0.25, 0.3) is 5.91 Å². The van der Waals surface area contributed by atoms with Gasteiger partial charge in [-0.15, -0.1) is 0 Å². The van der Waals surface area contributed by atoms with Gasteiger partial charge in [-0.25, -0.2) is 0 Å². The highest BCUT2D eigenvalue weighted by Gasteiger charge is 2.08. The third-order valence-corrected chi connectivity index (χ3v) is 5.48. The van der Waals surface area contributed by atoms with Crippen molar-refractivity contribution in [3.05, 3.63) is 119 Å². The lowest BCUT2D eigenvalue weighted by Gasteiger charge is -2.09. The third kappa shape index (κ3) is 5.90. The number of carbonyl (C=O) groups is 2. The fourth-order valence-corrected chi connectivity index (χ4v) is 3.50. The number of anilines is 2. The first kappa shape index (κ1) is 22.8. The summed E-state index contributed by atoms with van der Waals surface area (Å²) in [6, 6.07) is 30.1. The molecule has 0 radical (unpaired) electrons. The van der Waals surface area contributed by atoms with Gasteiger partial charge in [-0.1, -0.05) is 24.3 Å². The molecular formula is C29H26N2O3. The van der Waals surface area contributed by atoms with Crippen molar-refractivity contribution >= 4 is 23.1 Å². The van der Waals surface area contributed by atoms with Gasteiger partial charge in [-0.05, 0) is 97.3 Å². The van der Waals surface area contributed by atoms with Crippen LogP contribution in [0.5, 0.6) is 11.5 Å². The second-order valence-electron chi connectivity index (χ2n) is 7.98. The number of rotatable bonds is 8. The minimum absolute atomic E-state index is 0.0102. The van der Waals surface area contributed by atoms with Crippen LogP contribution in [0, 0.1) is 0 Å². The van der Waals surface area contributed by atoms with E-state index in [0.29, 0.717) is 22.6 Å². The fourth-order valence-electron chi connectivity index (χ4n) is 3.50. The Balaban J connectivity index is 1.33. The molecule has 0 aliphatic heterocycles. The van der Waals surface area contributed by atoms with Crippen molar-refractivity contribution < 1.29 is 14.3 Å². The van der Waals surface area contributed by atoms with E-state index in [1.807, 2.05) is 31.3 Å². The summed E-state index contributed by atoms with van der Waals surface area (Å²) in [5.41, 5.74) is 5.40. The van der Waals surface area contributed by atoms with Gasteiger partial charge in [0.15, 0.2) is 5.78 Å². The van der Waals surface area contributed by atoms with Crippen LogP contribution in [0.1, 0.15) is 38.8 Å². The first-order valence-electron chi connectivity index (χ1n) is 11.1. The zero-order chi connectivity index (χ0) is 23.9. The average molecular weight is 451 g/mol. The number of amides is 1. The van der Waals surface area contributed by atoms with Crippen molar-refractivity contribution in [3.63, 3.8) is 0 Å². The molecule has 0 aliphatic rings. The van der Waals surface area contributed by atoms with E-state index in [9.17, 15) is 9.59 Å². The highest BCUT2D eigenvalue weighted by molar-refractivity contribution is 6.04. The molecule has 4 aromatic carbocycles. The molecule has 4 rings (SSSR count). The van der Waals surface area contributed by atoms with E-state index >= 15 is 0 Å². The summed E-state index contributed by atoms with van der Waals surface area (Å²) in [5, 5.41) is 6.05. The fraction of sp³-hybridized carbons (Fsp3) is 0.103. The van der Waals surface area contributed by atoms with E-state index in [-0.39, 0.29) is 11.7 Å². The Bertz CT molecular complexity index is 1260. The minimum Gasteiger partial charge on any atom is -0.457 e. The van der Waals surface area contributed by atoms with Gasteiger partial charge in [0, 0.05) is 29.5 Å². The van der Waals surface area contributed by atoms with Gasteiger partial charge >= 0.3 is 0 Å². The topological polar surface area (TPSA) is 67.4 Å². The SMILES string of the molecule is CNc1ccc(Cc2ccc(NC(=O)c3ccc(Oc4ccc(C(C)=O)cc4)cc3)cc2)cc1. The van der Waals surface area contributed by atoms with E-state index in [4.69, 9.17) is 4.74 Å². The lowest BCUT2D eigenvalue weighted by Crippen LogP contribution is -2.11. The summed E-state index contributed by atoms with van der Waals surface area (Å²) >= 11 is 0. The van der Waals surface area contributed by atoms with Gasteiger partial charge in [0.05, 0.1) is 0 Å².